The minimum atomic E-state index is -0.684. The number of rotatable bonds is 7. The Bertz CT molecular complexity index is 295. The van der Waals surface area contributed by atoms with Crippen molar-refractivity contribution < 1.29 is 14.7 Å². The van der Waals surface area contributed by atoms with Gasteiger partial charge < -0.3 is 16.2 Å². The predicted molar refractivity (Wildman–Crippen MR) is 73.5 cm³/mol. The van der Waals surface area contributed by atoms with Crippen LogP contribution in [0, 0.1) is 17.8 Å². The first-order valence-corrected chi connectivity index (χ1v) is 7.26. The predicted octanol–water partition coefficient (Wildman–Crippen LogP) is 1.37. The maximum absolute atomic E-state index is 11.7. The number of carboxylic acid groups (broad SMARTS) is 1. The second kappa shape index (κ2) is 8.15. The summed E-state index contributed by atoms with van der Waals surface area (Å²) in [5.41, 5.74) is 5.58. The number of aliphatic carboxylic acids is 1. The molecule has 0 aromatic heterocycles. The molecule has 19 heavy (non-hydrogen) atoms. The Morgan fingerprint density at radius 1 is 1.32 bits per heavy atom. The van der Waals surface area contributed by atoms with Crippen molar-refractivity contribution in [2.75, 3.05) is 13.1 Å². The van der Waals surface area contributed by atoms with E-state index in [-0.39, 0.29) is 17.7 Å². The van der Waals surface area contributed by atoms with Gasteiger partial charge in [0, 0.05) is 13.0 Å². The van der Waals surface area contributed by atoms with Gasteiger partial charge in [0.1, 0.15) is 0 Å². The zero-order valence-electron chi connectivity index (χ0n) is 11.7. The van der Waals surface area contributed by atoms with Gasteiger partial charge in [-0.3, -0.25) is 9.59 Å². The first-order chi connectivity index (χ1) is 9.06. The molecule has 5 nitrogen and oxygen atoms in total. The van der Waals surface area contributed by atoms with Gasteiger partial charge in [-0.05, 0) is 44.1 Å². The summed E-state index contributed by atoms with van der Waals surface area (Å²) < 4.78 is 0. The number of carbonyl (C=O) groups is 2. The standard InChI is InChI=1S/C14H26N2O3/c1-2-10(8-15)7-13(17)16-9-11-3-5-12(6-4-11)14(18)19/h10-12H,2-9,15H2,1H3,(H,16,17)(H,18,19). The van der Waals surface area contributed by atoms with Crippen LogP contribution in [0.5, 0.6) is 0 Å². The van der Waals surface area contributed by atoms with Crippen LogP contribution in [0.3, 0.4) is 0 Å². The van der Waals surface area contributed by atoms with E-state index < -0.39 is 5.97 Å². The molecule has 0 spiro atoms. The van der Waals surface area contributed by atoms with Gasteiger partial charge in [-0.15, -0.1) is 0 Å². The third-order valence-electron chi connectivity index (χ3n) is 4.17. The first kappa shape index (κ1) is 16.0. The fraction of sp³-hybridized carbons (Fsp3) is 0.857. The number of carbonyl (C=O) groups excluding carboxylic acids is 1. The van der Waals surface area contributed by atoms with Crippen LogP contribution in [-0.2, 0) is 9.59 Å². The van der Waals surface area contributed by atoms with Crippen LogP contribution in [-0.4, -0.2) is 30.1 Å². The van der Waals surface area contributed by atoms with Gasteiger partial charge >= 0.3 is 5.97 Å². The van der Waals surface area contributed by atoms with Crippen LogP contribution in [0.2, 0.25) is 0 Å². The molecule has 1 amide bonds. The van der Waals surface area contributed by atoms with E-state index in [1.807, 2.05) is 6.92 Å². The largest absolute Gasteiger partial charge is 0.481 e. The van der Waals surface area contributed by atoms with E-state index in [4.69, 9.17) is 10.8 Å². The van der Waals surface area contributed by atoms with Gasteiger partial charge in [0.05, 0.1) is 5.92 Å². The molecule has 1 saturated carbocycles. The zero-order chi connectivity index (χ0) is 14.3. The van der Waals surface area contributed by atoms with Crippen molar-refractivity contribution in [3.8, 4) is 0 Å². The number of carboxylic acids is 1. The molecule has 0 heterocycles. The summed E-state index contributed by atoms with van der Waals surface area (Å²) in [7, 11) is 0. The Morgan fingerprint density at radius 2 is 1.95 bits per heavy atom. The summed E-state index contributed by atoms with van der Waals surface area (Å²) in [6, 6.07) is 0. The van der Waals surface area contributed by atoms with Crippen LogP contribution in [0.15, 0.2) is 0 Å². The van der Waals surface area contributed by atoms with Crippen molar-refractivity contribution in [2.45, 2.75) is 45.4 Å². The molecule has 1 rings (SSSR count). The Kier molecular flexibility index (Phi) is 6.84. The van der Waals surface area contributed by atoms with E-state index in [0.29, 0.717) is 25.4 Å². The molecule has 110 valence electrons. The van der Waals surface area contributed by atoms with Crippen molar-refractivity contribution in [3.05, 3.63) is 0 Å². The molecule has 4 N–H and O–H groups in total. The molecule has 1 atom stereocenters. The normalized spacial score (nSPS) is 24.7. The van der Waals surface area contributed by atoms with E-state index in [1.165, 1.54) is 0 Å². The van der Waals surface area contributed by atoms with Gasteiger partial charge in [-0.2, -0.15) is 0 Å². The molecule has 0 aromatic rings. The lowest BCUT2D eigenvalue weighted by Gasteiger charge is -2.26. The van der Waals surface area contributed by atoms with Crippen molar-refractivity contribution in [1.82, 2.24) is 5.32 Å². The summed E-state index contributed by atoms with van der Waals surface area (Å²) in [4.78, 5) is 22.6. The highest BCUT2D eigenvalue weighted by atomic mass is 16.4. The van der Waals surface area contributed by atoms with E-state index >= 15 is 0 Å². The highest BCUT2D eigenvalue weighted by molar-refractivity contribution is 5.76. The molecule has 0 radical (unpaired) electrons. The molecule has 0 saturated heterocycles. The SMILES string of the molecule is CCC(CN)CC(=O)NCC1CCC(C(=O)O)CC1. The molecule has 0 aromatic carbocycles. The minimum Gasteiger partial charge on any atom is -0.481 e. The Labute approximate surface area is 114 Å². The lowest BCUT2D eigenvalue weighted by atomic mass is 9.82. The molecule has 1 fully saturated rings. The molecule has 1 aliphatic carbocycles. The topological polar surface area (TPSA) is 92.4 Å². The maximum Gasteiger partial charge on any atom is 0.306 e. The summed E-state index contributed by atoms with van der Waals surface area (Å²) in [5, 5.41) is 11.9. The van der Waals surface area contributed by atoms with Crippen LogP contribution in [0.25, 0.3) is 0 Å². The summed E-state index contributed by atoms with van der Waals surface area (Å²) >= 11 is 0. The van der Waals surface area contributed by atoms with Crippen LogP contribution < -0.4 is 11.1 Å². The molecule has 1 unspecified atom stereocenters. The van der Waals surface area contributed by atoms with E-state index in [9.17, 15) is 9.59 Å². The molecule has 5 heteroatoms. The molecular formula is C14H26N2O3. The fourth-order valence-corrected chi connectivity index (χ4v) is 2.60. The third kappa shape index (κ3) is 5.59. The molecular weight excluding hydrogens is 244 g/mol. The van der Waals surface area contributed by atoms with Crippen molar-refractivity contribution in [1.29, 1.82) is 0 Å². The minimum absolute atomic E-state index is 0.0673. The Hall–Kier alpha value is -1.10. The number of hydrogen-bond donors (Lipinski definition) is 3. The Balaban J connectivity index is 2.20. The maximum atomic E-state index is 11.7. The van der Waals surface area contributed by atoms with Crippen molar-refractivity contribution >= 4 is 11.9 Å². The van der Waals surface area contributed by atoms with E-state index in [1.54, 1.807) is 0 Å². The number of hydrogen-bond acceptors (Lipinski definition) is 3. The highest BCUT2D eigenvalue weighted by Gasteiger charge is 2.26. The summed E-state index contributed by atoms with van der Waals surface area (Å²) in [6.45, 7) is 3.26. The highest BCUT2D eigenvalue weighted by Crippen LogP contribution is 2.28. The van der Waals surface area contributed by atoms with Gasteiger partial charge in [-0.1, -0.05) is 13.3 Å². The van der Waals surface area contributed by atoms with Crippen LogP contribution in [0.1, 0.15) is 45.4 Å². The number of nitrogens with one attached hydrogen (secondary N) is 1. The molecule has 0 aliphatic heterocycles. The quantitative estimate of drug-likeness (QED) is 0.651. The second-order valence-corrected chi connectivity index (χ2v) is 5.57. The van der Waals surface area contributed by atoms with E-state index in [0.717, 1.165) is 32.1 Å². The van der Waals surface area contributed by atoms with E-state index in [2.05, 4.69) is 5.32 Å². The lowest BCUT2D eigenvalue weighted by Crippen LogP contribution is -2.34. The number of nitrogens with two attached hydrogens (primary N) is 1. The van der Waals surface area contributed by atoms with Crippen molar-refractivity contribution in [3.63, 3.8) is 0 Å². The van der Waals surface area contributed by atoms with Gasteiger partial charge in [-0.25, -0.2) is 0 Å². The third-order valence-corrected chi connectivity index (χ3v) is 4.17. The fourth-order valence-electron chi connectivity index (χ4n) is 2.60. The number of amides is 1. The average molecular weight is 270 g/mol. The zero-order valence-corrected chi connectivity index (χ0v) is 11.7. The van der Waals surface area contributed by atoms with Crippen LogP contribution in [0.4, 0.5) is 0 Å². The second-order valence-electron chi connectivity index (χ2n) is 5.57. The Morgan fingerprint density at radius 3 is 2.42 bits per heavy atom. The lowest BCUT2D eigenvalue weighted by molar-refractivity contribution is -0.143. The van der Waals surface area contributed by atoms with Gasteiger partial charge in [0.2, 0.25) is 5.91 Å². The summed E-state index contributed by atoms with van der Waals surface area (Å²) in [5.74, 6) is -0.109. The monoisotopic (exact) mass is 270 g/mol. The van der Waals surface area contributed by atoms with Crippen molar-refractivity contribution in [2.24, 2.45) is 23.5 Å². The van der Waals surface area contributed by atoms with Gasteiger partial charge in [0.25, 0.3) is 0 Å². The van der Waals surface area contributed by atoms with Crippen LogP contribution >= 0.6 is 0 Å². The van der Waals surface area contributed by atoms with Gasteiger partial charge in [0.15, 0.2) is 0 Å². The molecule has 0 bridgehead atoms. The summed E-state index contributed by atoms with van der Waals surface area (Å²) in [6.07, 6.45) is 4.67. The first-order valence-electron chi connectivity index (χ1n) is 7.26. The average Bonchev–Trinajstić information content (AvgIpc) is 2.43. The smallest absolute Gasteiger partial charge is 0.306 e. The molecule has 1 aliphatic rings.